The van der Waals surface area contributed by atoms with Crippen LogP contribution < -0.4 is 5.73 Å². The number of aromatic nitrogens is 2. The average Bonchev–Trinajstić information content (AvgIpc) is 3.10. The molecule has 3 rings (SSSR count). The molecule has 5 heteroatoms. The number of rotatable bonds is 5. The van der Waals surface area contributed by atoms with E-state index in [1.165, 1.54) is 10.4 Å². The number of hydrogen-bond acceptors (Lipinski definition) is 3. The number of imidazole rings is 1. The second-order valence-corrected chi connectivity index (χ2v) is 6.89. The van der Waals surface area contributed by atoms with Crippen molar-refractivity contribution in [1.29, 1.82) is 0 Å². The van der Waals surface area contributed by atoms with Crippen LogP contribution in [0, 0.1) is 0 Å². The molecule has 108 valence electrons. The van der Waals surface area contributed by atoms with E-state index in [9.17, 15) is 0 Å². The standard InChI is InChI=1S/C16H16BrN3S/c17-13-7-14(21-10-13)9-20-11-19-8-16(20)15(18)6-12-4-2-1-3-5-12/h1-5,7-8,10-11,15H,6,9,18H2/t15-/m1/s1. The Morgan fingerprint density at radius 2 is 2.10 bits per heavy atom. The second kappa shape index (κ2) is 6.56. The zero-order valence-corrected chi connectivity index (χ0v) is 13.8. The van der Waals surface area contributed by atoms with Crippen LogP contribution in [0.25, 0.3) is 0 Å². The monoisotopic (exact) mass is 361 g/mol. The van der Waals surface area contributed by atoms with Gasteiger partial charge in [0.05, 0.1) is 24.6 Å². The van der Waals surface area contributed by atoms with Crippen LogP contribution in [0.1, 0.15) is 22.2 Å². The van der Waals surface area contributed by atoms with Crippen LogP contribution >= 0.6 is 27.3 Å². The third-order valence-electron chi connectivity index (χ3n) is 3.37. The molecule has 1 aromatic carbocycles. The van der Waals surface area contributed by atoms with Crippen molar-refractivity contribution in [2.24, 2.45) is 5.73 Å². The van der Waals surface area contributed by atoms with Gasteiger partial charge in [-0.1, -0.05) is 30.3 Å². The highest BCUT2D eigenvalue weighted by Crippen LogP contribution is 2.22. The Morgan fingerprint density at radius 3 is 2.81 bits per heavy atom. The van der Waals surface area contributed by atoms with Gasteiger partial charge >= 0.3 is 0 Å². The summed E-state index contributed by atoms with van der Waals surface area (Å²) in [6.45, 7) is 0.814. The molecule has 0 aliphatic heterocycles. The van der Waals surface area contributed by atoms with Gasteiger partial charge in [-0.2, -0.15) is 0 Å². The third kappa shape index (κ3) is 3.61. The molecular formula is C16H16BrN3S. The molecule has 2 N–H and O–H groups in total. The molecule has 21 heavy (non-hydrogen) atoms. The highest BCUT2D eigenvalue weighted by atomic mass is 79.9. The van der Waals surface area contributed by atoms with Crippen LogP contribution in [-0.2, 0) is 13.0 Å². The van der Waals surface area contributed by atoms with Crippen molar-refractivity contribution in [3.63, 3.8) is 0 Å². The van der Waals surface area contributed by atoms with Crippen molar-refractivity contribution in [1.82, 2.24) is 9.55 Å². The van der Waals surface area contributed by atoms with Gasteiger partial charge in [-0.3, -0.25) is 0 Å². The van der Waals surface area contributed by atoms with E-state index in [-0.39, 0.29) is 6.04 Å². The molecule has 0 spiro atoms. The molecule has 0 aliphatic carbocycles. The summed E-state index contributed by atoms with van der Waals surface area (Å²) in [5.74, 6) is 0. The van der Waals surface area contributed by atoms with Crippen molar-refractivity contribution < 1.29 is 0 Å². The lowest BCUT2D eigenvalue weighted by atomic mass is 10.0. The minimum Gasteiger partial charge on any atom is -0.328 e. The SMILES string of the molecule is N[C@H](Cc1ccccc1)c1cncn1Cc1cc(Br)cs1. The summed E-state index contributed by atoms with van der Waals surface area (Å²) in [4.78, 5) is 5.55. The number of nitrogens with two attached hydrogens (primary N) is 1. The van der Waals surface area contributed by atoms with Gasteiger partial charge in [-0.05, 0) is 34.0 Å². The summed E-state index contributed by atoms with van der Waals surface area (Å²) in [6, 6.07) is 12.4. The highest BCUT2D eigenvalue weighted by Gasteiger charge is 2.13. The predicted molar refractivity (Wildman–Crippen MR) is 90.4 cm³/mol. The van der Waals surface area contributed by atoms with Crippen molar-refractivity contribution in [2.75, 3.05) is 0 Å². The van der Waals surface area contributed by atoms with Gasteiger partial charge in [0.25, 0.3) is 0 Å². The Morgan fingerprint density at radius 1 is 1.29 bits per heavy atom. The van der Waals surface area contributed by atoms with E-state index in [0.29, 0.717) is 0 Å². The van der Waals surface area contributed by atoms with Crippen molar-refractivity contribution >= 4 is 27.3 Å². The quantitative estimate of drug-likeness (QED) is 0.746. The maximum absolute atomic E-state index is 6.36. The first-order valence-electron chi connectivity index (χ1n) is 6.75. The first-order valence-corrected chi connectivity index (χ1v) is 8.42. The van der Waals surface area contributed by atoms with Gasteiger partial charge in [0.2, 0.25) is 0 Å². The average molecular weight is 362 g/mol. The lowest BCUT2D eigenvalue weighted by Gasteiger charge is -2.14. The van der Waals surface area contributed by atoms with E-state index in [1.54, 1.807) is 11.3 Å². The Hall–Kier alpha value is -1.43. The Kier molecular flexibility index (Phi) is 4.53. The molecule has 2 heterocycles. The van der Waals surface area contributed by atoms with Gasteiger partial charge < -0.3 is 10.3 Å². The van der Waals surface area contributed by atoms with Gasteiger partial charge in [0.1, 0.15) is 0 Å². The molecule has 0 aliphatic rings. The molecule has 1 atom stereocenters. The second-order valence-electron chi connectivity index (χ2n) is 4.97. The highest BCUT2D eigenvalue weighted by molar-refractivity contribution is 9.10. The van der Waals surface area contributed by atoms with Crippen LogP contribution in [-0.4, -0.2) is 9.55 Å². The summed E-state index contributed by atoms with van der Waals surface area (Å²) in [5, 5.41) is 2.09. The molecule has 0 radical (unpaired) electrons. The van der Waals surface area contributed by atoms with Crippen LogP contribution in [0.4, 0.5) is 0 Å². The molecule has 2 aromatic heterocycles. The number of benzene rings is 1. The number of nitrogens with zero attached hydrogens (tertiary/aromatic N) is 2. The van der Waals surface area contributed by atoms with Crippen molar-refractivity contribution in [2.45, 2.75) is 19.0 Å². The zero-order chi connectivity index (χ0) is 14.7. The smallest absolute Gasteiger partial charge is 0.0952 e. The van der Waals surface area contributed by atoms with E-state index in [4.69, 9.17) is 5.73 Å². The number of thiophene rings is 1. The van der Waals surface area contributed by atoms with Crippen LogP contribution in [0.15, 0.2) is 58.8 Å². The molecule has 0 fully saturated rings. The fraction of sp³-hybridized carbons (Fsp3) is 0.188. The van der Waals surface area contributed by atoms with Crippen LogP contribution in [0.3, 0.4) is 0 Å². The summed E-state index contributed by atoms with van der Waals surface area (Å²) >= 11 is 5.22. The molecule has 0 saturated carbocycles. The summed E-state index contributed by atoms with van der Waals surface area (Å²) in [5.41, 5.74) is 8.68. The third-order valence-corrected chi connectivity index (χ3v) is 5.05. The minimum atomic E-state index is -0.0432. The fourth-order valence-electron chi connectivity index (χ4n) is 2.35. The first-order chi connectivity index (χ1) is 10.2. The summed E-state index contributed by atoms with van der Waals surface area (Å²) < 4.78 is 3.25. The normalized spacial score (nSPS) is 12.5. The molecule has 0 amide bonds. The van der Waals surface area contributed by atoms with Crippen LogP contribution in [0.2, 0.25) is 0 Å². The maximum Gasteiger partial charge on any atom is 0.0952 e. The molecule has 3 nitrogen and oxygen atoms in total. The van der Waals surface area contributed by atoms with Gasteiger partial charge in [-0.25, -0.2) is 4.98 Å². The Balaban J connectivity index is 1.75. The predicted octanol–water partition coefficient (Wildman–Crippen LogP) is 4.00. The van der Waals surface area contributed by atoms with E-state index < -0.39 is 0 Å². The fourth-order valence-corrected chi connectivity index (χ4v) is 3.80. The minimum absolute atomic E-state index is 0.0432. The lowest BCUT2D eigenvalue weighted by Crippen LogP contribution is -2.17. The van der Waals surface area contributed by atoms with E-state index in [0.717, 1.165) is 23.1 Å². The molecular weight excluding hydrogens is 346 g/mol. The van der Waals surface area contributed by atoms with Crippen LogP contribution in [0.5, 0.6) is 0 Å². The Labute approximate surface area is 136 Å². The topological polar surface area (TPSA) is 43.8 Å². The van der Waals surface area contributed by atoms with Gasteiger partial charge in [0.15, 0.2) is 0 Å². The maximum atomic E-state index is 6.36. The zero-order valence-electron chi connectivity index (χ0n) is 11.4. The number of halogens is 1. The van der Waals surface area contributed by atoms with Gasteiger partial charge in [-0.15, -0.1) is 11.3 Å². The number of hydrogen-bond donors (Lipinski definition) is 1. The summed E-state index contributed by atoms with van der Waals surface area (Å²) in [7, 11) is 0. The van der Waals surface area contributed by atoms with Crippen molar-refractivity contribution in [3.8, 4) is 0 Å². The molecule has 3 aromatic rings. The molecule has 0 bridgehead atoms. The Bertz CT molecular complexity index is 705. The van der Waals surface area contributed by atoms with E-state index in [1.807, 2.05) is 30.7 Å². The molecule has 0 saturated heterocycles. The van der Waals surface area contributed by atoms with E-state index in [2.05, 4.69) is 49.1 Å². The van der Waals surface area contributed by atoms with E-state index >= 15 is 0 Å². The first kappa shape index (κ1) is 14.5. The summed E-state index contributed by atoms with van der Waals surface area (Å²) in [6.07, 6.45) is 4.55. The lowest BCUT2D eigenvalue weighted by molar-refractivity contribution is 0.634. The van der Waals surface area contributed by atoms with Gasteiger partial charge in [0, 0.05) is 20.9 Å². The van der Waals surface area contributed by atoms with Crippen molar-refractivity contribution in [3.05, 3.63) is 74.9 Å². The largest absolute Gasteiger partial charge is 0.328 e. The molecule has 0 unspecified atom stereocenters.